The van der Waals surface area contributed by atoms with E-state index in [1.807, 2.05) is 0 Å². The molecule has 0 saturated carbocycles. The van der Waals surface area contributed by atoms with Crippen LogP contribution in [0.25, 0.3) is 0 Å². The van der Waals surface area contributed by atoms with Gasteiger partial charge in [-0.25, -0.2) is 23.9 Å². The van der Waals surface area contributed by atoms with Gasteiger partial charge in [0.05, 0.1) is 11.5 Å². The molecule has 0 spiro atoms. The van der Waals surface area contributed by atoms with E-state index in [1.54, 1.807) is 70.3 Å². The maximum atomic E-state index is 12.5. The summed E-state index contributed by atoms with van der Waals surface area (Å²) in [7, 11) is 1.57. The molecule has 3 aromatic rings. The maximum absolute atomic E-state index is 12.5. The maximum Gasteiger partial charge on any atom is 0.417 e. The van der Waals surface area contributed by atoms with Crippen molar-refractivity contribution in [3.05, 3.63) is 82.9 Å². The molecule has 35 heavy (non-hydrogen) atoms. The van der Waals surface area contributed by atoms with Crippen molar-refractivity contribution in [1.82, 2.24) is 14.5 Å². The number of esters is 1. The van der Waals surface area contributed by atoms with Gasteiger partial charge in [-0.05, 0) is 56.7 Å². The summed E-state index contributed by atoms with van der Waals surface area (Å²) in [5, 5.41) is 9.99. The molecule has 0 aliphatic heterocycles. The van der Waals surface area contributed by atoms with Crippen LogP contribution in [-0.4, -0.2) is 56.9 Å². The summed E-state index contributed by atoms with van der Waals surface area (Å²) in [6.07, 6.45) is 0.960. The number of likely N-dealkylation sites (N-methyl/N-ethyl adjacent to an activating group) is 1. The van der Waals surface area contributed by atoms with Gasteiger partial charge in [0.25, 0.3) is 0 Å². The van der Waals surface area contributed by atoms with E-state index >= 15 is 0 Å². The molecule has 9 nitrogen and oxygen atoms in total. The molecule has 0 radical (unpaired) electrons. The van der Waals surface area contributed by atoms with Crippen molar-refractivity contribution in [3.8, 4) is 5.75 Å². The second kappa shape index (κ2) is 10.6. The zero-order valence-electron chi connectivity index (χ0n) is 19.8. The topological polar surface area (TPSA) is 111 Å². The highest BCUT2D eigenvalue weighted by Crippen LogP contribution is 2.27. The summed E-state index contributed by atoms with van der Waals surface area (Å²) in [4.78, 5) is 42.3. The lowest BCUT2D eigenvalue weighted by molar-refractivity contribution is 0.0292. The van der Waals surface area contributed by atoms with Crippen molar-refractivity contribution in [2.75, 3.05) is 13.6 Å². The van der Waals surface area contributed by atoms with Gasteiger partial charge in [-0.3, -0.25) is 0 Å². The van der Waals surface area contributed by atoms with Crippen molar-refractivity contribution in [3.63, 3.8) is 0 Å². The van der Waals surface area contributed by atoms with Gasteiger partial charge in [-0.2, -0.15) is 0 Å². The van der Waals surface area contributed by atoms with Gasteiger partial charge in [0.15, 0.2) is 0 Å². The SMILES string of the molecule is CN(CC(c1ccc(OC(=O)c2cccc(Cl)c2)cc1)c1nccn1C(=O)O)C(=O)OC(C)(C)C. The summed E-state index contributed by atoms with van der Waals surface area (Å²) < 4.78 is 11.8. The minimum atomic E-state index is -1.20. The lowest BCUT2D eigenvalue weighted by atomic mass is 9.97. The van der Waals surface area contributed by atoms with E-state index in [9.17, 15) is 19.5 Å². The number of benzene rings is 2. The number of rotatable bonds is 6. The van der Waals surface area contributed by atoms with E-state index in [4.69, 9.17) is 21.1 Å². The van der Waals surface area contributed by atoms with Gasteiger partial charge in [0.2, 0.25) is 0 Å². The number of hydrogen-bond donors (Lipinski definition) is 1. The molecule has 2 aromatic carbocycles. The average molecular weight is 500 g/mol. The smallest absolute Gasteiger partial charge is 0.417 e. The Hall–Kier alpha value is -3.85. The third-order valence-electron chi connectivity index (χ3n) is 4.90. The largest absolute Gasteiger partial charge is 0.464 e. The number of nitrogens with zero attached hydrogens (tertiary/aromatic N) is 3. The molecule has 1 amide bonds. The first-order valence-corrected chi connectivity index (χ1v) is 11.1. The van der Waals surface area contributed by atoms with E-state index < -0.39 is 29.7 Å². The van der Waals surface area contributed by atoms with Gasteiger partial charge in [0.1, 0.15) is 17.2 Å². The average Bonchev–Trinajstić information content (AvgIpc) is 3.27. The van der Waals surface area contributed by atoms with Crippen LogP contribution in [0.4, 0.5) is 9.59 Å². The number of hydrogen-bond acceptors (Lipinski definition) is 6. The van der Waals surface area contributed by atoms with Crippen molar-refractivity contribution >= 4 is 29.8 Å². The minimum Gasteiger partial charge on any atom is -0.464 e. The van der Waals surface area contributed by atoms with E-state index in [0.717, 1.165) is 4.57 Å². The second-order valence-electron chi connectivity index (χ2n) is 8.82. The van der Waals surface area contributed by atoms with Gasteiger partial charge in [-0.15, -0.1) is 0 Å². The van der Waals surface area contributed by atoms with Crippen molar-refractivity contribution in [2.45, 2.75) is 32.3 Å². The first-order chi connectivity index (χ1) is 16.4. The Morgan fingerprint density at radius 2 is 1.83 bits per heavy atom. The Balaban J connectivity index is 1.86. The van der Waals surface area contributed by atoms with Crippen LogP contribution in [0.5, 0.6) is 5.75 Å². The number of ether oxygens (including phenoxy) is 2. The van der Waals surface area contributed by atoms with Crippen LogP contribution < -0.4 is 4.74 Å². The van der Waals surface area contributed by atoms with Gasteiger partial charge in [0, 0.05) is 31.0 Å². The molecule has 1 aromatic heterocycles. The molecule has 0 aliphatic carbocycles. The number of amides is 1. The number of aromatic nitrogens is 2. The normalized spacial score (nSPS) is 12.0. The third kappa shape index (κ3) is 6.83. The highest BCUT2D eigenvalue weighted by Gasteiger charge is 2.27. The van der Waals surface area contributed by atoms with Crippen LogP contribution in [0.1, 0.15) is 48.4 Å². The summed E-state index contributed by atoms with van der Waals surface area (Å²) >= 11 is 5.94. The van der Waals surface area contributed by atoms with E-state index in [2.05, 4.69) is 4.98 Å². The zero-order chi connectivity index (χ0) is 25.8. The fraction of sp³-hybridized carbons (Fsp3) is 0.280. The molecule has 10 heteroatoms. The fourth-order valence-electron chi connectivity index (χ4n) is 3.31. The minimum absolute atomic E-state index is 0.0981. The van der Waals surface area contributed by atoms with Crippen molar-refractivity contribution in [2.24, 2.45) is 0 Å². The first-order valence-electron chi connectivity index (χ1n) is 10.7. The molecule has 1 N–H and O–H groups in total. The van der Waals surface area contributed by atoms with E-state index in [-0.39, 0.29) is 12.4 Å². The number of carboxylic acid groups (broad SMARTS) is 1. The van der Waals surface area contributed by atoms with Gasteiger partial charge >= 0.3 is 18.2 Å². The summed E-state index contributed by atoms with van der Waals surface area (Å²) in [5.74, 6) is -0.643. The summed E-state index contributed by atoms with van der Waals surface area (Å²) in [6.45, 7) is 5.38. The standard InChI is InChI=1S/C25H26ClN3O6/c1-25(2,3)35-24(33)28(4)15-20(21-27-12-13-29(21)23(31)32)16-8-10-19(11-9-16)34-22(30)17-6-5-7-18(26)14-17/h5-14,20H,15H2,1-4H3,(H,31,32). The van der Waals surface area contributed by atoms with Crippen LogP contribution in [0.15, 0.2) is 60.9 Å². The molecule has 0 fully saturated rings. The monoisotopic (exact) mass is 499 g/mol. The quantitative estimate of drug-likeness (QED) is 0.362. The lowest BCUT2D eigenvalue weighted by Gasteiger charge is -2.27. The van der Waals surface area contributed by atoms with Crippen LogP contribution in [0.3, 0.4) is 0 Å². The Labute approximate surface area is 207 Å². The van der Waals surface area contributed by atoms with Crippen molar-refractivity contribution in [1.29, 1.82) is 0 Å². The molecule has 1 unspecified atom stereocenters. The second-order valence-corrected chi connectivity index (χ2v) is 9.26. The predicted molar refractivity (Wildman–Crippen MR) is 129 cm³/mol. The van der Waals surface area contributed by atoms with Crippen molar-refractivity contribution < 1.29 is 29.0 Å². The highest BCUT2D eigenvalue weighted by atomic mass is 35.5. The fourth-order valence-corrected chi connectivity index (χ4v) is 3.50. The van der Waals surface area contributed by atoms with Gasteiger partial charge < -0.3 is 19.5 Å². The Bertz CT molecular complexity index is 1220. The Morgan fingerprint density at radius 1 is 1.14 bits per heavy atom. The molecule has 0 bridgehead atoms. The molecule has 3 rings (SSSR count). The molecule has 184 valence electrons. The Kier molecular flexibility index (Phi) is 7.81. The number of imidazole rings is 1. The van der Waals surface area contributed by atoms with Crippen LogP contribution in [-0.2, 0) is 4.74 Å². The number of carbonyl (C=O) groups is 3. The van der Waals surface area contributed by atoms with Gasteiger partial charge in [-0.1, -0.05) is 29.8 Å². The molecule has 0 saturated heterocycles. The summed E-state index contributed by atoms with van der Waals surface area (Å²) in [6, 6.07) is 13.0. The Morgan fingerprint density at radius 3 is 2.43 bits per heavy atom. The van der Waals surface area contributed by atoms with Crippen LogP contribution >= 0.6 is 11.6 Å². The molecule has 0 aliphatic rings. The first kappa shape index (κ1) is 25.8. The molecular weight excluding hydrogens is 474 g/mol. The third-order valence-corrected chi connectivity index (χ3v) is 5.14. The molecule has 1 atom stereocenters. The van der Waals surface area contributed by atoms with Crippen LogP contribution in [0.2, 0.25) is 5.02 Å². The predicted octanol–water partition coefficient (Wildman–Crippen LogP) is 5.28. The molecule has 1 heterocycles. The highest BCUT2D eigenvalue weighted by molar-refractivity contribution is 6.30. The number of carbonyl (C=O) groups excluding carboxylic acids is 2. The number of halogens is 1. The zero-order valence-corrected chi connectivity index (χ0v) is 20.5. The van der Waals surface area contributed by atoms with E-state index in [1.165, 1.54) is 23.4 Å². The lowest BCUT2D eigenvalue weighted by Crippen LogP contribution is -2.37. The van der Waals surface area contributed by atoms with E-state index in [0.29, 0.717) is 21.9 Å². The van der Waals surface area contributed by atoms with Crippen LogP contribution in [0, 0.1) is 0 Å². The summed E-state index contributed by atoms with van der Waals surface area (Å²) in [5.41, 5.74) is 0.285. The molecular formula is C25H26ClN3O6.